The van der Waals surface area contributed by atoms with Crippen molar-refractivity contribution in [3.63, 3.8) is 0 Å². The molecule has 0 saturated carbocycles. The molecule has 0 bridgehead atoms. The van der Waals surface area contributed by atoms with E-state index in [1.807, 2.05) is 25.7 Å². The number of amides is 1. The molecular weight excluding hydrogens is 256 g/mol. The molecule has 0 aromatic rings. The van der Waals surface area contributed by atoms with E-state index < -0.39 is 5.54 Å². The van der Waals surface area contributed by atoms with Crippen LogP contribution in [-0.2, 0) is 14.3 Å². The average molecular weight is 282 g/mol. The second kappa shape index (κ2) is 5.72. The summed E-state index contributed by atoms with van der Waals surface area (Å²) in [6, 6.07) is 0.0510. The molecule has 2 rings (SSSR count). The monoisotopic (exact) mass is 282 g/mol. The maximum absolute atomic E-state index is 12.7. The van der Waals surface area contributed by atoms with Gasteiger partial charge in [0.2, 0.25) is 5.91 Å². The Morgan fingerprint density at radius 1 is 1.35 bits per heavy atom. The number of esters is 1. The van der Waals surface area contributed by atoms with Crippen LogP contribution in [0.2, 0.25) is 0 Å². The molecule has 0 aromatic carbocycles. The largest absolute Gasteiger partial charge is 0.468 e. The second-order valence-corrected chi connectivity index (χ2v) is 6.35. The van der Waals surface area contributed by atoms with Crippen LogP contribution < -0.4 is 0 Å². The fourth-order valence-electron chi connectivity index (χ4n) is 3.60. The predicted molar refractivity (Wildman–Crippen MR) is 76.2 cm³/mol. The number of likely N-dealkylation sites (tertiary alicyclic amines) is 2. The third-order valence-corrected chi connectivity index (χ3v) is 4.77. The lowest BCUT2D eigenvalue weighted by Gasteiger charge is -2.43. The molecule has 0 aromatic heterocycles. The summed E-state index contributed by atoms with van der Waals surface area (Å²) in [7, 11) is 1.42. The number of hydrogen-bond donors (Lipinski definition) is 0. The summed E-state index contributed by atoms with van der Waals surface area (Å²) in [6.45, 7) is 7.63. The number of nitrogens with zero attached hydrogens (tertiary/aromatic N) is 2. The van der Waals surface area contributed by atoms with Crippen LogP contribution >= 0.6 is 0 Å². The lowest BCUT2D eigenvalue weighted by Crippen LogP contribution is -2.60. The number of carbonyl (C=O) groups excluding carboxylic acids is 2. The molecule has 0 radical (unpaired) electrons. The standard InChI is InChI=1S/C15H26N2O3/c1-11(2)16-9-5-7-12(13(16)18)17-10-6-8-15(17,3)14(19)20-4/h11-12H,5-10H2,1-4H3/t12-,15+/m1/s1. The Morgan fingerprint density at radius 2 is 2.05 bits per heavy atom. The Morgan fingerprint density at radius 3 is 2.65 bits per heavy atom. The molecule has 1 amide bonds. The minimum Gasteiger partial charge on any atom is -0.468 e. The third kappa shape index (κ3) is 2.43. The summed E-state index contributed by atoms with van der Waals surface area (Å²) < 4.78 is 4.96. The minimum absolute atomic E-state index is 0.169. The van der Waals surface area contributed by atoms with E-state index in [1.165, 1.54) is 7.11 Å². The third-order valence-electron chi connectivity index (χ3n) is 4.77. The number of hydrogen-bond acceptors (Lipinski definition) is 4. The van der Waals surface area contributed by atoms with Crippen LogP contribution in [0, 0.1) is 0 Å². The second-order valence-electron chi connectivity index (χ2n) is 6.35. The molecule has 2 saturated heterocycles. The van der Waals surface area contributed by atoms with E-state index in [4.69, 9.17) is 4.74 Å². The van der Waals surface area contributed by atoms with E-state index in [0.717, 1.165) is 38.8 Å². The average Bonchev–Trinajstić information content (AvgIpc) is 2.81. The Balaban J connectivity index is 2.21. The zero-order valence-electron chi connectivity index (χ0n) is 13.0. The topological polar surface area (TPSA) is 49.9 Å². The van der Waals surface area contributed by atoms with Gasteiger partial charge in [-0.3, -0.25) is 14.5 Å². The smallest absolute Gasteiger partial charge is 0.326 e. The van der Waals surface area contributed by atoms with E-state index >= 15 is 0 Å². The predicted octanol–water partition coefficient (Wildman–Crippen LogP) is 1.41. The highest BCUT2D eigenvalue weighted by molar-refractivity contribution is 5.86. The SMILES string of the molecule is COC(=O)[C@]1(C)CCCN1[C@@H]1CCCN(C(C)C)C1=O. The number of carbonyl (C=O) groups is 2. The molecule has 0 N–H and O–H groups in total. The van der Waals surface area contributed by atoms with Crippen molar-refractivity contribution in [1.29, 1.82) is 0 Å². The maximum atomic E-state index is 12.7. The molecule has 20 heavy (non-hydrogen) atoms. The van der Waals surface area contributed by atoms with Crippen molar-refractivity contribution in [3.8, 4) is 0 Å². The molecule has 0 unspecified atom stereocenters. The van der Waals surface area contributed by atoms with Gasteiger partial charge in [-0.2, -0.15) is 0 Å². The molecule has 2 aliphatic heterocycles. The van der Waals surface area contributed by atoms with Crippen molar-refractivity contribution < 1.29 is 14.3 Å². The van der Waals surface area contributed by atoms with Crippen molar-refractivity contribution >= 4 is 11.9 Å². The number of methoxy groups -OCH3 is 1. The Kier molecular flexibility index (Phi) is 4.37. The van der Waals surface area contributed by atoms with Crippen LogP contribution in [0.15, 0.2) is 0 Å². The first-order valence-corrected chi connectivity index (χ1v) is 7.57. The highest BCUT2D eigenvalue weighted by Gasteiger charge is 2.50. The summed E-state index contributed by atoms with van der Waals surface area (Å²) in [5.41, 5.74) is -0.644. The van der Waals surface area contributed by atoms with Gasteiger partial charge in [0.25, 0.3) is 0 Å². The van der Waals surface area contributed by atoms with Crippen molar-refractivity contribution in [2.45, 2.75) is 64.1 Å². The minimum atomic E-state index is -0.644. The van der Waals surface area contributed by atoms with Crippen molar-refractivity contribution in [2.75, 3.05) is 20.2 Å². The zero-order valence-corrected chi connectivity index (χ0v) is 13.0. The van der Waals surface area contributed by atoms with Gasteiger partial charge in [0.1, 0.15) is 5.54 Å². The van der Waals surface area contributed by atoms with Crippen LogP contribution in [0.4, 0.5) is 0 Å². The first kappa shape index (κ1) is 15.3. The molecule has 2 fully saturated rings. The summed E-state index contributed by atoms with van der Waals surface area (Å²) >= 11 is 0. The quantitative estimate of drug-likeness (QED) is 0.735. The molecule has 5 nitrogen and oxygen atoms in total. The zero-order chi connectivity index (χ0) is 14.9. The molecule has 2 aliphatic rings. The fourth-order valence-corrected chi connectivity index (χ4v) is 3.60. The molecule has 0 spiro atoms. The molecular formula is C15H26N2O3. The normalized spacial score (nSPS) is 31.9. The lowest BCUT2D eigenvalue weighted by molar-refractivity contribution is -0.158. The van der Waals surface area contributed by atoms with Crippen molar-refractivity contribution in [2.24, 2.45) is 0 Å². The van der Waals surface area contributed by atoms with Crippen LogP contribution in [0.3, 0.4) is 0 Å². The lowest BCUT2D eigenvalue weighted by atomic mass is 9.94. The van der Waals surface area contributed by atoms with Gasteiger partial charge < -0.3 is 9.64 Å². The van der Waals surface area contributed by atoms with Gasteiger partial charge in [-0.05, 0) is 46.5 Å². The van der Waals surface area contributed by atoms with Gasteiger partial charge in [0, 0.05) is 19.1 Å². The van der Waals surface area contributed by atoms with Gasteiger partial charge >= 0.3 is 5.97 Å². The van der Waals surface area contributed by atoms with E-state index in [9.17, 15) is 9.59 Å². The molecule has 2 atom stereocenters. The number of rotatable bonds is 3. The van der Waals surface area contributed by atoms with Crippen LogP contribution in [0.25, 0.3) is 0 Å². The number of ether oxygens (including phenoxy) is 1. The number of piperidine rings is 1. The highest BCUT2D eigenvalue weighted by Crippen LogP contribution is 2.35. The van der Waals surface area contributed by atoms with Gasteiger partial charge in [-0.1, -0.05) is 0 Å². The van der Waals surface area contributed by atoms with Gasteiger partial charge in [0.15, 0.2) is 0 Å². The van der Waals surface area contributed by atoms with Gasteiger partial charge in [0.05, 0.1) is 13.2 Å². The molecule has 114 valence electrons. The molecule has 2 heterocycles. The molecule has 5 heteroatoms. The van der Waals surface area contributed by atoms with Crippen molar-refractivity contribution in [1.82, 2.24) is 9.80 Å². The summed E-state index contributed by atoms with van der Waals surface area (Å²) in [6.07, 6.45) is 3.55. The van der Waals surface area contributed by atoms with Crippen LogP contribution in [-0.4, -0.2) is 59.5 Å². The van der Waals surface area contributed by atoms with Gasteiger partial charge in [-0.25, -0.2) is 0 Å². The first-order valence-electron chi connectivity index (χ1n) is 7.57. The summed E-state index contributed by atoms with van der Waals surface area (Å²) in [4.78, 5) is 28.8. The van der Waals surface area contributed by atoms with Gasteiger partial charge in [-0.15, -0.1) is 0 Å². The van der Waals surface area contributed by atoms with E-state index in [0.29, 0.717) is 0 Å². The Labute approximate surface area is 121 Å². The van der Waals surface area contributed by atoms with Crippen LogP contribution in [0.1, 0.15) is 46.5 Å². The maximum Gasteiger partial charge on any atom is 0.326 e. The summed E-state index contributed by atoms with van der Waals surface area (Å²) in [5.74, 6) is -0.0484. The first-order chi connectivity index (χ1) is 9.41. The molecule has 0 aliphatic carbocycles. The highest BCUT2D eigenvalue weighted by atomic mass is 16.5. The van der Waals surface area contributed by atoms with E-state index in [-0.39, 0.29) is 24.0 Å². The summed E-state index contributed by atoms with van der Waals surface area (Å²) in [5, 5.41) is 0. The van der Waals surface area contributed by atoms with E-state index in [1.54, 1.807) is 0 Å². The Bertz CT molecular complexity index is 397. The fraction of sp³-hybridized carbons (Fsp3) is 0.867. The van der Waals surface area contributed by atoms with Crippen LogP contribution in [0.5, 0.6) is 0 Å². The van der Waals surface area contributed by atoms with Crippen molar-refractivity contribution in [3.05, 3.63) is 0 Å². The Hall–Kier alpha value is -1.10. The van der Waals surface area contributed by atoms with E-state index in [2.05, 4.69) is 4.90 Å².